The van der Waals surface area contributed by atoms with E-state index in [-0.39, 0.29) is 0 Å². The first-order chi connectivity index (χ1) is 7.84. The lowest BCUT2D eigenvalue weighted by atomic mass is 10.5. The molecule has 2 rings (SSSR count). The molecule has 0 saturated carbocycles. The Morgan fingerprint density at radius 3 is 1.56 bits per heavy atom. The van der Waals surface area contributed by atoms with E-state index in [1.807, 2.05) is 0 Å². The zero-order valence-corrected chi connectivity index (χ0v) is 9.24. The third kappa shape index (κ3) is 3.07. The van der Waals surface area contributed by atoms with Crippen molar-refractivity contribution in [3.63, 3.8) is 0 Å². The van der Waals surface area contributed by atoms with Crippen molar-refractivity contribution >= 4 is 8.25 Å². The van der Waals surface area contributed by atoms with Gasteiger partial charge in [-0.3, -0.25) is 9.97 Å². The normalized spacial score (nSPS) is 10.1. The van der Waals surface area contributed by atoms with E-state index in [0.717, 1.165) is 0 Å². The van der Waals surface area contributed by atoms with Crippen LogP contribution in [-0.4, -0.2) is 9.97 Å². The van der Waals surface area contributed by atoms with Gasteiger partial charge >= 0.3 is 8.25 Å². The molecule has 0 amide bonds. The van der Waals surface area contributed by atoms with E-state index in [4.69, 9.17) is 9.05 Å². The van der Waals surface area contributed by atoms with Gasteiger partial charge in [-0.05, 0) is 24.3 Å². The molecule has 5 nitrogen and oxygen atoms in total. The maximum Gasteiger partial charge on any atom is 0.418 e. The summed E-state index contributed by atoms with van der Waals surface area (Å²) in [6, 6.07) is 6.44. The van der Waals surface area contributed by atoms with E-state index >= 15 is 0 Å². The summed E-state index contributed by atoms with van der Waals surface area (Å²) in [5.41, 5.74) is 0. The maximum absolute atomic E-state index is 11.5. The van der Waals surface area contributed by atoms with Crippen LogP contribution >= 0.6 is 8.25 Å². The number of hydrogen-bond donors (Lipinski definition) is 0. The van der Waals surface area contributed by atoms with Gasteiger partial charge in [0, 0.05) is 24.8 Å². The molecule has 0 spiro atoms. The standard InChI is InChI=1S/C10H9N2O3P/c13-16(14-9-1-5-11-6-2-9)15-10-3-7-12-8-4-10/h1-8,16H. The molecule has 0 saturated heterocycles. The molecular weight excluding hydrogens is 227 g/mol. The summed E-state index contributed by atoms with van der Waals surface area (Å²) in [6.45, 7) is 0. The Bertz CT molecular complexity index is 421. The topological polar surface area (TPSA) is 61.3 Å². The molecule has 0 N–H and O–H groups in total. The van der Waals surface area contributed by atoms with Gasteiger partial charge in [-0.15, -0.1) is 0 Å². The summed E-state index contributed by atoms with van der Waals surface area (Å²) >= 11 is 0. The minimum atomic E-state index is -2.60. The molecule has 16 heavy (non-hydrogen) atoms. The molecule has 0 bridgehead atoms. The molecule has 0 aliphatic heterocycles. The van der Waals surface area contributed by atoms with E-state index in [9.17, 15) is 4.57 Å². The van der Waals surface area contributed by atoms with Crippen molar-refractivity contribution in [3.05, 3.63) is 49.1 Å². The first kappa shape index (κ1) is 10.6. The molecule has 2 heterocycles. The lowest BCUT2D eigenvalue weighted by molar-refractivity contribution is 0.415. The van der Waals surface area contributed by atoms with Crippen LogP contribution in [0.3, 0.4) is 0 Å². The number of rotatable bonds is 4. The first-order valence-electron chi connectivity index (χ1n) is 4.54. The lowest BCUT2D eigenvalue weighted by Crippen LogP contribution is -1.88. The predicted octanol–water partition coefficient (Wildman–Crippen LogP) is 2.32. The highest BCUT2D eigenvalue weighted by molar-refractivity contribution is 7.34. The SMILES string of the molecule is O=[PH](Oc1ccncc1)Oc1ccncc1. The van der Waals surface area contributed by atoms with Crippen LogP contribution in [0.25, 0.3) is 0 Å². The monoisotopic (exact) mass is 236 g/mol. The van der Waals surface area contributed by atoms with Crippen molar-refractivity contribution in [1.29, 1.82) is 0 Å². The van der Waals surface area contributed by atoms with Gasteiger partial charge < -0.3 is 9.05 Å². The highest BCUT2D eigenvalue weighted by Crippen LogP contribution is 2.29. The molecule has 82 valence electrons. The van der Waals surface area contributed by atoms with Crippen LogP contribution in [0, 0.1) is 0 Å². The molecule has 2 aromatic rings. The van der Waals surface area contributed by atoms with Gasteiger partial charge in [0.1, 0.15) is 11.5 Å². The van der Waals surface area contributed by atoms with Crippen LogP contribution in [-0.2, 0) is 4.57 Å². The Kier molecular flexibility index (Phi) is 3.51. The van der Waals surface area contributed by atoms with Crippen molar-refractivity contribution in [2.45, 2.75) is 0 Å². The van der Waals surface area contributed by atoms with E-state index in [2.05, 4.69) is 9.97 Å². The Morgan fingerprint density at radius 1 is 0.812 bits per heavy atom. The largest absolute Gasteiger partial charge is 0.418 e. The number of nitrogens with zero attached hydrogens (tertiary/aromatic N) is 2. The minimum Gasteiger partial charge on any atom is -0.418 e. The molecule has 2 aromatic heterocycles. The lowest BCUT2D eigenvalue weighted by Gasteiger charge is -2.06. The summed E-state index contributed by atoms with van der Waals surface area (Å²) < 4.78 is 21.6. The number of aromatic nitrogens is 2. The van der Waals surface area contributed by atoms with Crippen LogP contribution in [0.5, 0.6) is 11.5 Å². The van der Waals surface area contributed by atoms with Gasteiger partial charge in [0.05, 0.1) is 0 Å². The molecule has 0 fully saturated rings. The van der Waals surface area contributed by atoms with Gasteiger partial charge in [0.25, 0.3) is 0 Å². The van der Waals surface area contributed by atoms with Crippen molar-refractivity contribution in [3.8, 4) is 11.5 Å². The van der Waals surface area contributed by atoms with E-state index < -0.39 is 8.25 Å². The molecule has 0 aromatic carbocycles. The minimum absolute atomic E-state index is 0.466. The quantitative estimate of drug-likeness (QED) is 0.762. The zero-order chi connectivity index (χ0) is 11.2. The Morgan fingerprint density at radius 2 is 1.19 bits per heavy atom. The van der Waals surface area contributed by atoms with Gasteiger partial charge in [0.2, 0.25) is 0 Å². The summed E-state index contributed by atoms with van der Waals surface area (Å²) in [5.74, 6) is 0.931. The fraction of sp³-hybridized carbons (Fsp3) is 0. The van der Waals surface area contributed by atoms with Gasteiger partial charge in [-0.1, -0.05) is 0 Å². The number of pyridine rings is 2. The Labute approximate surface area is 93.0 Å². The Hall–Kier alpha value is -1.87. The number of hydrogen-bond acceptors (Lipinski definition) is 5. The van der Waals surface area contributed by atoms with Gasteiger partial charge in [-0.25, -0.2) is 4.57 Å². The maximum atomic E-state index is 11.5. The van der Waals surface area contributed by atoms with E-state index in [1.165, 1.54) is 0 Å². The third-order valence-corrected chi connectivity index (χ3v) is 2.51. The fourth-order valence-electron chi connectivity index (χ4n) is 1.03. The predicted molar refractivity (Wildman–Crippen MR) is 58.7 cm³/mol. The summed E-state index contributed by atoms with van der Waals surface area (Å²) in [6.07, 6.45) is 6.21. The smallest absolute Gasteiger partial charge is 0.418 e. The first-order valence-corrected chi connectivity index (χ1v) is 5.77. The summed E-state index contributed by atoms with van der Waals surface area (Å²) in [5, 5.41) is 0. The van der Waals surface area contributed by atoms with Crippen LogP contribution in [0.2, 0.25) is 0 Å². The van der Waals surface area contributed by atoms with Crippen molar-refractivity contribution < 1.29 is 13.6 Å². The zero-order valence-electron chi connectivity index (χ0n) is 8.24. The van der Waals surface area contributed by atoms with E-state index in [1.54, 1.807) is 49.1 Å². The molecule has 0 aliphatic rings. The average molecular weight is 236 g/mol. The van der Waals surface area contributed by atoms with Crippen molar-refractivity contribution in [2.24, 2.45) is 0 Å². The second-order valence-electron chi connectivity index (χ2n) is 2.82. The molecule has 0 aliphatic carbocycles. The van der Waals surface area contributed by atoms with Crippen LogP contribution in [0.15, 0.2) is 49.1 Å². The second kappa shape index (κ2) is 5.28. The fourth-order valence-corrected chi connectivity index (χ4v) is 1.72. The van der Waals surface area contributed by atoms with Gasteiger partial charge in [-0.2, -0.15) is 0 Å². The average Bonchev–Trinajstić information content (AvgIpc) is 2.31. The second-order valence-corrected chi connectivity index (χ2v) is 3.73. The Balaban J connectivity index is 1.95. The summed E-state index contributed by atoms with van der Waals surface area (Å²) in [4.78, 5) is 7.63. The van der Waals surface area contributed by atoms with Crippen molar-refractivity contribution in [2.75, 3.05) is 0 Å². The molecule has 0 atom stereocenters. The molecule has 0 unspecified atom stereocenters. The molecule has 0 radical (unpaired) electrons. The van der Waals surface area contributed by atoms with Gasteiger partial charge in [0.15, 0.2) is 0 Å². The van der Waals surface area contributed by atoms with Crippen LogP contribution in [0.1, 0.15) is 0 Å². The highest BCUT2D eigenvalue weighted by Gasteiger charge is 2.03. The third-order valence-electron chi connectivity index (χ3n) is 1.70. The molecular formula is C10H9N2O3P. The van der Waals surface area contributed by atoms with Crippen LogP contribution < -0.4 is 9.05 Å². The summed E-state index contributed by atoms with van der Waals surface area (Å²) in [7, 11) is -2.60. The highest BCUT2D eigenvalue weighted by atomic mass is 31.1. The molecule has 6 heteroatoms. The van der Waals surface area contributed by atoms with Crippen LogP contribution in [0.4, 0.5) is 0 Å². The van der Waals surface area contributed by atoms with E-state index in [0.29, 0.717) is 11.5 Å². The van der Waals surface area contributed by atoms with Crippen molar-refractivity contribution in [1.82, 2.24) is 9.97 Å².